The first-order chi connectivity index (χ1) is 9.65. The number of nitrogens with two attached hydrogens (primary N) is 1. The number of nitrogens with one attached hydrogen (secondary N) is 1. The lowest BCUT2D eigenvalue weighted by Crippen LogP contribution is -2.15. The molecule has 0 saturated heterocycles. The minimum atomic E-state index is -0.500. The predicted molar refractivity (Wildman–Crippen MR) is 76.3 cm³/mol. The molecular formula is C13H12N4O2S. The summed E-state index contributed by atoms with van der Waals surface area (Å²) in [4.78, 5) is 30.7. The Bertz CT molecular complexity index is 602. The maximum Gasteiger partial charge on any atom is 0.248 e. The minimum absolute atomic E-state index is 0.172. The third-order valence-electron chi connectivity index (χ3n) is 2.33. The molecule has 0 spiro atoms. The highest BCUT2D eigenvalue weighted by atomic mass is 32.2. The Hall–Kier alpha value is -2.41. The SMILES string of the molecule is NC(=O)c1ccc(NC(=O)CSc2ncccn2)cc1. The van der Waals surface area contributed by atoms with Gasteiger partial charge >= 0.3 is 0 Å². The lowest BCUT2D eigenvalue weighted by atomic mass is 10.2. The summed E-state index contributed by atoms with van der Waals surface area (Å²) >= 11 is 1.25. The van der Waals surface area contributed by atoms with Crippen molar-refractivity contribution in [2.75, 3.05) is 11.1 Å². The number of amides is 2. The monoisotopic (exact) mass is 288 g/mol. The number of rotatable bonds is 5. The van der Waals surface area contributed by atoms with Gasteiger partial charge in [-0.05, 0) is 30.3 Å². The fraction of sp³-hybridized carbons (Fsp3) is 0.0769. The summed E-state index contributed by atoms with van der Waals surface area (Å²) in [6.45, 7) is 0. The molecule has 7 heteroatoms. The van der Waals surface area contributed by atoms with Crippen molar-refractivity contribution in [2.45, 2.75) is 5.16 Å². The van der Waals surface area contributed by atoms with Gasteiger partial charge < -0.3 is 11.1 Å². The quantitative estimate of drug-likeness (QED) is 0.638. The van der Waals surface area contributed by atoms with Gasteiger partial charge in [0, 0.05) is 23.6 Å². The number of thioether (sulfide) groups is 1. The summed E-state index contributed by atoms with van der Waals surface area (Å²) in [5.74, 6) is -0.462. The molecule has 6 nitrogen and oxygen atoms in total. The van der Waals surface area contributed by atoms with Crippen molar-refractivity contribution in [3.05, 3.63) is 48.3 Å². The predicted octanol–water partition coefficient (Wildman–Crippen LogP) is 1.31. The largest absolute Gasteiger partial charge is 0.366 e. The van der Waals surface area contributed by atoms with E-state index in [2.05, 4.69) is 15.3 Å². The second-order valence-corrected chi connectivity index (χ2v) is 4.75. The van der Waals surface area contributed by atoms with Gasteiger partial charge in [-0.2, -0.15) is 0 Å². The second-order valence-electron chi connectivity index (χ2n) is 3.81. The molecule has 2 aromatic rings. The van der Waals surface area contributed by atoms with E-state index in [-0.39, 0.29) is 11.7 Å². The van der Waals surface area contributed by atoms with E-state index in [9.17, 15) is 9.59 Å². The van der Waals surface area contributed by atoms with Gasteiger partial charge in [0.25, 0.3) is 0 Å². The van der Waals surface area contributed by atoms with Gasteiger partial charge in [-0.25, -0.2) is 9.97 Å². The molecule has 20 heavy (non-hydrogen) atoms. The average molecular weight is 288 g/mol. The molecule has 0 atom stereocenters. The first-order valence-electron chi connectivity index (χ1n) is 5.74. The van der Waals surface area contributed by atoms with Crippen LogP contribution in [-0.2, 0) is 4.79 Å². The van der Waals surface area contributed by atoms with E-state index in [1.807, 2.05) is 0 Å². The Kier molecular flexibility index (Phi) is 4.67. The lowest BCUT2D eigenvalue weighted by molar-refractivity contribution is -0.113. The average Bonchev–Trinajstić information content (AvgIpc) is 2.47. The van der Waals surface area contributed by atoms with Gasteiger partial charge in [0.2, 0.25) is 11.8 Å². The molecule has 0 fully saturated rings. The van der Waals surface area contributed by atoms with Gasteiger partial charge in [0.05, 0.1) is 5.75 Å². The van der Waals surface area contributed by atoms with E-state index in [4.69, 9.17) is 5.73 Å². The molecule has 2 amide bonds. The summed E-state index contributed by atoms with van der Waals surface area (Å²) in [6.07, 6.45) is 3.24. The van der Waals surface area contributed by atoms with Crippen LogP contribution in [0.2, 0.25) is 0 Å². The third kappa shape index (κ3) is 4.06. The van der Waals surface area contributed by atoms with E-state index in [1.165, 1.54) is 11.8 Å². The molecule has 1 aromatic carbocycles. The van der Waals surface area contributed by atoms with E-state index in [1.54, 1.807) is 42.7 Å². The number of anilines is 1. The Labute approximate surface area is 119 Å². The van der Waals surface area contributed by atoms with Gasteiger partial charge in [0.1, 0.15) is 0 Å². The number of benzene rings is 1. The van der Waals surface area contributed by atoms with Gasteiger partial charge in [-0.1, -0.05) is 11.8 Å². The van der Waals surface area contributed by atoms with Crippen LogP contribution >= 0.6 is 11.8 Å². The van der Waals surface area contributed by atoms with Crippen molar-refractivity contribution in [1.29, 1.82) is 0 Å². The first-order valence-corrected chi connectivity index (χ1v) is 6.73. The van der Waals surface area contributed by atoms with Crippen LogP contribution in [0.5, 0.6) is 0 Å². The van der Waals surface area contributed by atoms with Crippen molar-refractivity contribution in [2.24, 2.45) is 5.73 Å². The molecular weight excluding hydrogens is 276 g/mol. The molecule has 102 valence electrons. The van der Waals surface area contributed by atoms with Crippen LogP contribution in [-0.4, -0.2) is 27.5 Å². The molecule has 1 aromatic heterocycles. The van der Waals surface area contributed by atoms with Gasteiger partial charge in [-0.3, -0.25) is 9.59 Å². The minimum Gasteiger partial charge on any atom is -0.366 e. The molecule has 0 aliphatic heterocycles. The van der Waals surface area contributed by atoms with Crippen molar-refractivity contribution >= 4 is 29.3 Å². The number of nitrogens with zero attached hydrogens (tertiary/aromatic N) is 2. The Balaban J connectivity index is 1.86. The van der Waals surface area contributed by atoms with E-state index in [0.29, 0.717) is 16.4 Å². The number of hydrogen-bond acceptors (Lipinski definition) is 5. The summed E-state index contributed by atoms with van der Waals surface area (Å²) in [5.41, 5.74) is 6.14. The first kappa shape index (κ1) is 14.0. The Morgan fingerprint density at radius 1 is 1.15 bits per heavy atom. The smallest absolute Gasteiger partial charge is 0.248 e. The Morgan fingerprint density at radius 2 is 1.80 bits per heavy atom. The summed E-state index contributed by atoms with van der Waals surface area (Å²) < 4.78 is 0. The second kappa shape index (κ2) is 6.67. The summed E-state index contributed by atoms with van der Waals surface area (Å²) in [7, 11) is 0. The maximum atomic E-state index is 11.7. The summed E-state index contributed by atoms with van der Waals surface area (Å²) in [5, 5.41) is 3.26. The van der Waals surface area contributed by atoms with Crippen LogP contribution in [0.15, 0.2) is 47.9 Å². The van der Waals surface area contributed by atoms with Crippen molar-refractivity contribution in [1.82, 2.24) is 9.97 Å². The van der Waals surface area contributed by atoms with Crippen molar-refractivity contribution in [3.63, 3.8) is 0 Å². The number of hydrogen-bond donors (Lipinski definition) is 2. The standard InChI is InChI=1S/C13H12N4O2S/c14-12(19)9-2-4-10(5-3-9)17-11(18)8-20-13-15-6-1-7-16-13/h1-7H,8H2,(H2,14,19)(H,17,18). The molecule has 0 aliphatic carbocycles. The third-order valence-corrected chi connectivity index (χ3v) is 3.20. The molecule has 0 bridgehead atoms. The zero-order valence-electron chi connectivity index (χ0n) is 10.4. The topological polar surface area (TPSA) is 98.0 Å². The number of carbonyl (C=O) groups excluding carboxylic acids is 2. The van der Waals surface area contributed by atoms with E-state index < -0.39 is 5.91 Å². The van der Waals surface area contributed by atoms with Crippen LogP contribution in [0.3, 0.4) is 0 Å². The van der Waals surface area contributed by atoms with Gasteiger partial charge in [0.15, 0.2) is 5.16 Å². The van der Waals surface area contributed by atoms with E-state index in [0.717, 1.165) is 0 Å². The zero-order valence-corrected chi connectivity index (χ0v) is 11.3. The fourth-order valence-corrected chi connectivity index (χ4v) is 2.01. The molecule has 3 N–H and O–H groups in total. The molecule has 0 aliphatic rings. The highest BCUT2D eigenvalue weighted by Gasteiger charge is 2.06. The molecule has 2 rings (SSSR count). The van der Waals surface area contributed by atoms with Crippen molar-refractivity contribution in [3.8, 4) is 0 Å². The number of aromatic nitrogens is 2. The van der Waals surface area contributed by atoms with Gasteiger partial charge in [-0.15, -0.1) is 0 Å². The molecule has 0 radical (unpaired) electrons. The van der Waals surface area contributed by atoms with Crippen LogP contribution in [0, 0.1) is 0 Å². The van der Waals surface area contributed by atoms with Crippen LogP contribution < -0.4 is 11.1 Å². The maximum absolute atomic E-state index is 11.7. The highest BCUT2D eigenvalue weighted by Crippen LogP contribution is 2.13. The summed E-state index contributed by atoms with van der Waals surface area (Å²) in [6, 6.07) is 8.09. The fourth-order valence-electron chi connectivity index (χ4n) is 1.40. The Morgan fingerprint density at radius 3 is 2.40 bits per heavy atom. The van der Waals surface area contributed by atoms with Crippen molar-refractivity contribution < 1.29 is 9.59 Å². The molecule has 1 heterocycles. The normalized spacial score (nSPS) is 10.0. The molecule has 0 unspecified atom stereocenters. The highest BCUT2D eigenvalue weighted by molar-refractivity contribution is 7.99. The van der Waals surface area contributed by atoms with Crippen LogP contribution in [0.1, 0.15) is 10.4 Å². The van der Waals surface area contributed by atoms with E-state index >= 15 is 0 Å². The molecule has 0 saturated carbocycles. The van der Waals surface area contributed by atoms with Crippen LogP contribution in [0.25, 0.3) is 0 Å². The zero-order chi connectivity index (χ0) is 14.4. The number of primary amides is 1. The number of carbonyl (C=O) groups is 2. The van der Waals surface area contributed by atoms with Crippen LogP contribution in [0.4, 0.5) is 5.69 Å². The lowest BCUT2D eigenvalue weighted by Gasteiger charge is -2.05.